The van der Waals surface area contributed by atoms with Crippen molar-refractivity contribution in [2.24, 2.45) is 0 Å². The zero-order valence-electron chi connectivity index (χ0n) is 9.05. The van der Waals surface area contributed by atoms with Crippen LogP contribution >= 0.6 is 0 Å². The molecule has 0 heterocycles. The summed E-state index contributed by atoms with van der Waals surface area (Å²) in [5.74, 6) is 0. The predicted octanol–water partition coefficient (Wildman–Crippen LogP) is 1.73. The van der Waals surface area contributed by atoms with Gasteiger partial charge in [-0.25, -0.2) is 4.79 Å². The Kier molecular flexibility index (Phi) is 7.62. The first-order valence-corrected chi connectivity index (χ1v) is 5.16. The monoisotopic (exact) mass is 197 g/mol. The van der Waals surface area contributed by atoms with Crippen molar-refractivity contribution in [3.63, 3.8) is 0 Å². The van der Waals surface area contributed by atoms with Gasteiger partial charge < -0.3 is 10.2 Å². The third-order valence-electron chi connectivity index (χ3n) is 2.04. The molecule has 0 aliphatic heterocycles. The Balaban J connectivity index is 3.48. The van der Waals surface area contributed by atoms with Gasteiger partial charge in [-0.05, 0) is 26.7 Å². The van der Waals surface area contributed by atoms with Gasteiger partial charge in [0, 0.05) is 26.1 Å². The lowest BCUT2D eigenvalue weighted by atomic mass is 10.2. The van der Waals surface area contributed by atoms with E-state index in [0.717, 1.165) is 25.9 Å². The molecule has 0 fully saturated rings. The summed E-state index contributed by atoms with van der Waals surface area (Å²) in [5.41, 5.74) is 0. The van der Waals surface area contributed by atoms with E-state index in [1.807, 2.05) is 13.8 Å². The lowest BCUT2D eigenvalue weighted by Crippen LogP contribution is -2.40. The first-order valence-electron chi connectivity index (χ1n) is 5.16. The number of nitrogens with one attached hydrogen (secondary N) is 1. The molecule has 0 aliphatic rings. The van der Waals surface area contributed by atoms with Crippen LogP contribution < -0.4 is 5.32 Å². The number of amides is 2. The summed E-state index contributed by atoms with van der Waals surface area (Å²) in [6.45, 7) is 6.05. The highest BCUT2D eigenvalue weighted by molar-refractivity contribution is 5.73. The van der Waals surface area contributed by atoms with Gasteiger partial charge in [-0.3, -0.25) is 0 Å². The number of rotatable bonds is 6. The average Bonchev–Trinajstić information content (AvgIpc) is 2.19. The van der Waals surface area contributed by atoms with Crippen molar-refractivity contribution in [1.29, 1.82) is 5.26 Å². The Labute approximate surface area is 85.9 Å². The molecule has 0 saturated carbocycles. The van der Waals surface area contributed by atoms with Gasteiger partial charge >= 0.3 is 6.03 Å². The van der Waals surface area contributed by atoms with Crippen molar-refractivity contribution >= 4 is 6.03 Å². The maximum Gasteiger partial charge on any atom is 0.317 e. The molecular formula is C10H19N3O. The average molecular weight is 197 g/mol. The molecule has 0 aromatic heterocycles. The summed E-state index contributed by atoms with van der Waals surface area (Å²) in [6, 6.07) is 2.07. The quantitative estimate of drug-likeness (QED) is 0.659. The van der Waals surface area contributed by atoms with Crippen LogP contribution in [0.1, 0.15) is 33.1 Å². The number of urea groups is 1. The minimum Gasteiger partial charge on any atom is -0.338 e. The van der Waals surface area contributed by atoms with Gasteiger partial charge in [0.15, 0.2) is 0 Å². The topological polar surface area (TPSA) is 56.1 Å². The molecule has 0 aromatic carbocycles. The molecule has 0 atom stereocenters. The van der Waals surface area contributed by atoms with Crippen LogP contribution in [0.3, 0.4) is 0 Å². The number of hydrogen-bond donors (Lipinski definition) is 1. The molecule has 4 heteroatoms. The summed E-state index contributed by atoms with van der Waals surface area (Å²) < 4.78 is 0. The van der Waals surface area contributed by atoms with Gasteiger partial charge in [0.25, 0.3) is 0 Å². The minimum absolute atomic E-state index is 0.00745. The zero-order chi connectivity index (χ0) is 10.8. The fourth-order valence-electron chi connectivity index (χ4n) is 1.15. The Morgan fingerprint density at radius 2 is 2.00 bits per heavy atom. The summed E-state index contributed by atoms with van der Waals surface area (Å²) >= 11 is 0. The first-order chi connectivity index (χ1) is 6.76. The standard InChI is InChI=1S/C10H19N3O/c1-3-13(4-2)10(14)12-9-7-5-6-8-11/h3-7,9H2,1-2H3,(H,12,14). The van der Waals surface area contributed by atoms with E-state index in [1.54, 1.807) is 4.90 Å². The number of nitriles is 1. The summed E-state index contributed by atoms with van der Waals surface area (Å²) in [7, 11) is 0. The van der Waals surface area contributed by atoms with E-state index in [9.17, 15) is 4.79 Å². The van der Waals surface area contributed by atoms with E-state index in [0.29, 0.717) is 13.0 Å². The van der Waals surface area contributed by atoms with E-state index < -0.39 is 0 Å². The molecule has 4 nitrogen and oxygen atoms in total. The van der Waals surface area contributed by atoms with E-state index in [1.165, 1.54) is 0 Å². The van der Waals surface area contributed by atoms with Crippen molar-refractivity contribution < 1.29 is 4.79 Å². The van der Waals surface area contributed by atoms with Crippen molar-refractivity contribution in [2.75, 3.05) is 19.6 Å². The van der Waals surface area contributed by atoms with Crippen LogP contribution in [-0.2, 0) is 0 Å². The van der Waals surface area contributed by atoms with Crippen LogP contribution in [0, 0.1) is 11.3 Å². The van der Waals surface area contributed by atoms with Gasteiger partial charge in [-0.1, -0.05) is 0 Å². The molecular weight excluding hydrogens is 178 g/mol. The van der Waals surface area contributed by atoms with Crippen molar-refractivity contribution in [2.45, 2.75) is 33.1 Å². The van der Waals surface area contributed by atoms with E-state index in [2.05, 4.69) is 11.4 Å². The maximum atomic E-state index is 11.4. The summed E-state index contributed by atoms with van der Waals surface area (Å²) in [6.07, 6.45) is 2.30. The molecule has 0 bridgehead atoms. The molecule has 0 spiro atoms. The number of nitrogens with zero attached hydrogens (tertiary/aromatic N) is 2. The maximum absolute atomic E-state index is 11.4. The molecule has 0 saturated heterocycles. The fraction of sp³-hybridized carbons (Fsp3) is 0.800. The van der Waals surface area contributed by atoms with Gasteiger partial charge in [0.2, 0.25) is 0 Å². The lowest BCUT2D eigenvalue weighted by molar-refractivity contribution is 0.203. The van der Waals surface area contributed by atoms with Crippen LogP contribution in [-0.4, -0.2) is 30.6 Å². The fourth-order valence-corrected chi connectivity index (χ4v) is 1.15. The Morgan fingerprint density at radius 3 is 2.50 bits per heavy atom. The Bertz CT molecular complexity index is 194. The summed E-state index contributed by atoms with van der Waals surface area (Å²) in [5, 5.41) is 11.1. The molecule has 80 valence electrons. The van der Waals surface area contributed by atoms with Gasteiger partial charge in [0.1, 0.15) is 0 Å². The lowest BCUT2D eigenvalue weighted by Gasteiger charge is -2.18. The number of carbonyl (C=O) groups excluding carboxylic acids is 1. The summed E-state index contributed by atoms with van der Waals surface area (Å²) in [4.78, 5) is 13.1. The van der Waals surface area contributed by atoms with Crippen molar-refractivity contribution in [3.05, 3.63) is 0 Å². The second kappa shape index (κ2) is 8.36. The highest BCUT2D eigenvalue weighted by Crippen LogP contribution is 1.93. The van der Waals surface area contributed by atoms with Crippen LogP contribution in [0.2, 0.25) is 0 Å². The number of unbranched alkanes of at least 4 members (excludes halogenated alkanes) is 2. The smallest absolute Gasteiger partial charge is 0.317 e. The molecule has 0 radical (unpaired) electrons. The van der Waals surface area contributed by atoms with Crippen LogP contribution in [0.15, 0.2) is 0 Å². The van der Waals surface area contributed by atoms with E-state index >= 15 is 0 Å². The molecule has 2 amide bonds. The van der Waals surface area contributed by atoms with Gasteiger partial charge in [-0.2, -0.15) is 5.26 Å². The number of carbonyl (C=O) groups is 1. The molecule has 0 aliphatic carbocycles. The van der Waals surface area contributed by atoms with Crippen LogP contribution in [0.25, 0.3) is 0 Å². The largest absolute Gasteiger partial charge is 0.338 e. The van der Waals surface area contributed by atoms with Crippen LogP contribution in [0.5, 0.6) is 0 Å². The molecule has 1 N–H and O–H groups in total. The molecule has 14 heavy (non-hydrogen) atoms. The number of hydrogen-bond acceptors (Lipinski definition) is 2. The van der Waals surface area contributed by atoms with Crippen molar-refractivity contribution in [3.8, 4) is 6.07 Å². The minimum atomic E-state index is -0.00745. The normalized spacial score (nSPS) is 9.21. The third kappa shape index (κ3) is 5.41. The predicted molar refractivity (Wildman–Crippen MR) is 55.8 cm³/mol. The highest BCUT2D eigenvalue weighted by Gasteiger charge is 2.06. The molecule has 0 aromatic rings. The van der Waals surface area contributed by atoms with E-state index in [-0.39, 0.29) is 6.03 Å². The van der Waals surface area contributed by atoms with Gasteiger partial charge in [-0.15, -0.1) is 0 Å². The van der Waals surface area contributed by atoms with Crippen LogP contribution in [0.4, 0.5) is 4.79 Å². The SMILES string of the molecule is CCN(CC)C(=O)NCCCCC#N. The van der Waals surface area contributed by atoms with E-state index in [4.69, 9.17) is 5.26 Å². The third-order valence-corrected chi connectivity index (χ3v) is 2.04. The highest BCUT2D eigenvalue weighted by atomic mass is 16.2. The molecule has 0 rings (SSSR count). The second-order valence-corrected chi connectivity index (χ2v) is 3.02. The second-order valence-electron chi connectivity index (χ2n) is 3.02. The Hall–Kier alpha value is -1.24. The Morgan fingerprint density at radius 1 is 1.36 bits per heavy atom. The zero-order valence-corrected chi connectivity index (χ0v) is 9.05. The van der Waals surface area contributed by atoms with Gasteiger partial charge in [0.05, 0.1) is 6.07 Å². The first kappa shape index (κ1) is 12.8. The molecule has 0 unspecified atom stereocenters. The van der Waals surface area contributed by atoms with Crippen molar-refractivity contribution in [1.82, 2.24) is 10.2 Å².